The average Bonchev–Trinajstić information content (AvgIpc) is 2.99. The summed E-state index contributed by atoms with van der Waals surface area (Å²) in [5.74, 6) is -1.12. The van der Waals surface area contributed by atoms with Crippen molar-refractivity contribution in [3.05, 3.63) is 56.4 Å². The molecule has 1 saturated carbocycles. The second-order valence-electron chi connectivity index (χ2n) is 7.93. The number of amides is 4. The molecule has 30 heavy (non-hydrogen) atoms. The van der Waals surface area contributed by atoms with E-state index < -0.39 is 17.8 Å². The first-order chi connectivity index (χ1) is 14.4. The van der Waals surface area contributed by atoms with Gasteiger partial charge in [0.25, 0.3) is 11.8 Å². The van der Waals surface area contributed by atoms with Crippen molar-refractivity contribution in [2.24, 2.45) is 0 Å². The highest BCUT2D eigenvalue weighted by molar-refractivity contribution is 14.1. The zero-order valence-corrected chi connectivity index (χ0v) is 19.2. The van der Waals surface area contributed by atoms with Gasteiger partial charge in [0.05, 0.1) is 0 Å². The molecule has 2 fully saturated rings. The zero-order chi connectivity index (χ0) is 21.4. The Morgan fingerprint density at radius 3 is 2.50 bits per heavy atom. The molecule has 0 unspecified atom stereocenters. The number of barbiturate groups is 1. The smallest absolute Gasteiger partial charge is 0.318 e. The maximum atomic E-state index is 13.1. The Hall–Kier alpha value is -2.42. The second kappa shape index (κ2) is 8.37. The summed E-state index contributed by atoms with van der Waals surface area (Å²) in [5.41, 5.74) is 3.78. The van der Waals surface area contributed by atoms with Gasteiger partial charge in [-0.3, -0.25) is 19.8 Å². The lowest BCUT2D eigenvalue weighted by Gasteiger charge is -2.35. The van der Waals surface area contributed by atoms with Crippen LogP contribution >= 0.6 is 22.6 Å². The van der Waals surface area contributed by atoms with E-state index in [1.165, 1.54) is 4.90 Å². The lowest BCUT2D eigenvalue weighted by atomic mass is 9.93. The number of nitrogens with zero attached hydrogens (tertiary/aromatic N) is 2. The van der Waals surface area contributed by atoms with Gasteiger partial charge in [-0.05, 0) is 85.2 Å². The van der Waals surface area contributed by atoms with E-state index in [0.29, 0.717) is 0 Å². The quantitative estimate of drug-likeness (QED) is 0.371. The summed E-state index contributed by atoms with van der Waals surface area (Å²) in [4.78, 5) is 39.3. The number of halogens is 1. The molecule has 2 aromatic rings. The van der Waals surface area contributed by atoms with Crippen molar-refractivity contribution in [3.63, 3.8) is 0 Å². The van der Waals surface area contributed by atoms with Crippen LogP contribution in [0.3, 0.4) is 0 Å². The predicted molar refractivity (Wildman–Crippen MR) is 123 cm³/mol. The van der Waals surface area contributed by atoms with Crippen LogP contribution in [0.15, 0.2) is 35.9 Å². The molecule has 1 aromatic carbocycles. The number of urea groups is 1. The molecule has 4 rings (SSSR count). The van der Waals surface area contributed by atoms with Crippen molar-refractivity contribution in [3.8, 4) is 5.69 Å². The minimum absolute atomic E-state index is 0.0167. The molecule has 1 aromatic heterocycles. The Labute approximate surface area is 189 Å². The van der Waals surface area contributed by atoms with E-state index >= 15 is 0 Å². The Morgan fingerprint density at radius 2 is 1.80 bits per heavy atom. The molecule has 2 heterocycles. The third kappa shape index (κ3) is 3.82. The van der Waals surface area contributed by atoms with Crippen molar-refractivity contribution < 1.29 is 14.4 Å². The fourth-order valence-electron chi connectivity index (χ4n) is 4.44. The monoisotopic (exact) mass is 517 g/mol. The van der Waals surface area contributed by atoms with Crippen LogP contribution in [0.2, 0.25) is 0 Å². The minimum Gasteiger partial charge on any atom is -0.318 e. The summed E-state index contributed by atoms with van der Waals surface area (Å²) in [7, 11) is 0. The van der Waals surface area contributed by atoms with E-state index in [1.54, 1.807) is 6.08 Å². The Balaban J connectivity index is 1.71. The molecule has 0 radical (unpaired) electrons. The highest BCUT2D eigenvalue weighted by atomic mass is 127. The fraction of sp³-hybridized carbons (Fsp3) is 0.348. The number of hydrogen-bond acceptors (Lipinski definition) is 3. The van der Waals surface area contributed by atoms with Crippen molar-refractivity contribution in [1.82, 2.24) is 14.8 Å². The molecule has 1 saturated heterocycles. The van der Waals surface area contributed by atoms with Gasteiger partial charge in [-0.25, -0.2) is 4.79 Å². The van der Waals surface area contributed by atoms with Crippen LogP contribution in [0.4, 0.5) is 4.79 Å². The third-order valence-corrected chi connectivity index (χ3v) is 6.58. The van der Waals surface area contributed by atoms with Crippen LogP contribution in [0.1, 0.15) is 49.1 Å². The Bertz CT molecular complexity index is 1060. The van der Waals surface area contributed by atoms with Gasteiger partial charge in [0.2, 0.25) is 0 Å². The average molecular weight is 517 g/mol. The molecule has 1 N–H and O–H groups in total. The van der Waals surface area contributed by atoms with Crippen molar-refractivity contribution in [2.75, 3.05) is 0 Å². The molecule has 7 heteroatoms. The summed E-state index contributed by atoms with van der Waals surface area (Å²) >= 11 is 2.28. The predicted octanol–water partition coefficient (Wildman–Crippen LogP) is 4.49. The summed E-state index contributed by atoms with van der Waals surface area (Å²) in [6.45, 7) is 3.96. The van der Waals surface area contributed by atoms with E-state index in [2.05, 4.69) is 38.5 Å². The van der Waals surface area contributed by atoms with E-state index in [9.17, 15) is 14.4 Å². The molecule has 2 aliphatic rings. The Kier molecular flexibility index (Phi) is 5.81. The summed E-state index contributed by atoms with van der Waals surface area (Å²) in [6.07, 6.45) is 6.31. The number of rotatable bonds is 3. The molecule has 156 valence electrons. The van der Waals surface area contributed by atoms with Crippen LogP contribution in [0.5, 0.6) is 0 Å². The maximum absolute atomic E-state index is 13.1. The number of benzene rings is 1. The summed E-state index contributed by atoms with van der Waals surface area (Å²) < 4.78 is 3.23. The van der Waals surface area contributed by atoms with E-state index in [0.717, 1.165) is 58.3 Å². The molecule has 0 spiro atoms. The number of nitrogens with one attached hydrogen (secondary N) is 1. The molecular formula is C23H24IN3O3. The van der Waals surface area contributed by atoms with Crippen LogP contribution in [-0.4, -0.2) is 33.4 Å². The molecular weight excluding hydrogens is 493 g/mol. The molecule has 1 aliphatic heterocycles. The van der Waals surface area contributed by atoms with Crippen LogP contribution in [-0.2, 0) is 9.59 Å². The maximum Gasteiger partial charge on any atom is 0.331 e. The number of carbonyl (C=O) groups excluding carboxylic acids is 3. The van der Waals surface area contributed by atoms with Crippen molar-refractivity contribution in [1.29, 1.82) is 0 Å². The lowest BCUT2D eigenvalue weighted by Crippen LogP contribution is -2.58. The van der Waals surface area contributed by atoms with Gasteiger partial charge in [0.15, 0.2) is 0 Å². The van der Waals surface area contributed by atoms with Crippen LogP contribution < -0.4 is 5.32 Å². The van der Waals surface area contributed by atoms with E-state index in [4.69, 9.17) is 0 Å². The van der Waals surface area contributed by atoms with Gasteiger partial charge >= 0.3 is 6.03 Å². The molecule has 6 nitrogen and oxygen atoms in total. The minimum atomic E-state index is -0.629. The molecule has 0 atom stereocenters. The number of aromatic nitrogens is 1. The van der Waals surface area contributed by atoms with Crippen LogP contribution in [0.25, 0.3) is 11.8 Å². The third-order valence-electron chi connectivity index (χ3n) is 5.91. The highest BCUT2D eigenvalue weighted by Gasteiger charge is 2.40. The van der Waals surface area contributed by atoms with Crippen LogP contribution in [0, 0.1) is 17.4 Å². The first-order valence-corrected chi connectivity index (χ1v) is 11.3. The molecule has 4 amide bonds. The lowest BCUT2D eigenvalue weighted by molar-refractivity contribution is -0.132. The first-order valence-electron chi connectivity index (χ1n) is 10.2. The van der Waals surface area contributed by atoms with Gasteiger partial charge in [-0.2, -0.15) is 0 Å². The fourth-order valence-corrected chi connectivity index (χ4v) is 4.97. The first kappa shape index (κ1) is 20.8. The van der Waals surface area contributed by atoms with Gasteiger partial charge < -0.3 is 4.57 Å². The van der Waals surface area contributed by atoms with E-state index in [1.807, 2.05) is 38.1 Å². The highest BCUT2D eigenvalue weighted by Crippen LogP contribution is 2.28. The summed E-state index contributed by atoms with van der Waals surface area (Å²) in [6, 6.07) is 9.37. The van der Waals surface area contributed by atoms with Gasteiger partial charge in [-0.15, -0.1) is 0 Å². The Morgan fingerprint density at radius 1 is 1.07 bits per heavy atom. The number of aryl methyl sites for hydroxylation is 1. The van der Waals surface area contributed by atoms with E-state index in [-0.39, 0.29) is 11.6 Å². The van der Waals surface area contributed by atoms with Gasteiger partial charge in [0, 0.05) is 26.7 Å². The summed E-state index contributed by atoms with van der Waals surface area (Å²) in [5, 5.41) is 2.36. The normalized spacial score (nSPS) is 19.5. The largest absolute Gasteiger partial charge is 0.331 e. The SMILES string of the molecule is Cc1cc(C=C2C(=O)NC(=O)N(C3CCCCC3)C2=O)c(C)n1-c1cccc(I)c1. The zero-order valence-electron chi connectivity index (χ0n) is 17.1. The van der Waals surface area contributed by atoms with Gasteiger partial charge in [0.1, 0.15) is 5.57 Å². The number of carbonyl (C=O) groups is 3. The second-order valence-corrected chi connectivity index (χ2v) is 9.17. The molecule has 1 aliphatic carbocycles. The van der Waals surface area contributed by atoms with Crippen molar-refractivity contribution >= 4 is 46.5 Å². The molecule has 0 bridgehead atoms. The topological polar surface area (TPSA) is 71.4 Å². The number of imide groups is 2. The van der Waals surface area contributed by atoms with Crippen molar-refractivity contribution in [2.45, 2.75) is 52.0 Å². The number of hydrogen-bond donors (Lipinski definition) is 1. The standard InChI is InChI=1S/C23H24IN3O3/c1-14-11-16(15(2)26(14)19-10-6-7-17(24)13-19)12-20-21(28)25-23(30)27(22(20)29)18-8-4-3-5-9-18/h6-7,10-13,18H,3-5,8-9H2,1-2H3,(H,25,28,30). The van der Waals surface area contributed by atoms with Gasteiger partial charge in [-0.1, -0.05) is 25.3 Å².